The minimum Gasteiger partial charge on any atom is -0.468 e. The van der Waals surface area contributed by atoms with Gasteiger partial charge in [0, 0.05) is 6.54 Å². The fraction of sp³-hybridized carbons (Fsp3) is 0.889. The highest BCUT2D eigenvalue weighted by Crippen LogP contribution is 2.18. The van der Waals surface area contributed by atoms with Crippen molar-refractivity contribution in [1.29, 1.82) is 0 Å². The van der Waals surface area contributed by atoms with Gasteiger partial charge < -0.3 is 4.74 Å². The first-order chi connectivity index (χ1) is 5.79. The first-order valence-electron chi connectivity index (χ1n) is 4.61. The number of nitrogens with zero attached hydrogens (tertiary/aromatic N) is 1. The summed E-state index contributed by atoms with van der Waals surface area (Å²) < 4.78 is 4.68. The lowest BCUT2D eigenvalue weighted by molar-refractivity contribution is -0.151. The smallest absolute Gasteiger partial charge is 0.323 e. The van der Waals surface area contributed by atoms with Crippen LogP contribution in [-0.2, 0) is 9.53 Å². The molecule has 1 atom stereocenters. The molecule has 0 N–H and O–H groups in total. The third-order valence-electron chi connectivity index (χ3n) is 2.40. The van der Waals surface area contributed by atoms with Crippen LogP contribution in [0, 0.1) is 0 Å². The second-order valence-electron chi connectivity index (χ2n) is 3.22. The number of carbonyl (C=O) groups excluding carboxylic acids is 1. The zero-order chi connectivity index (χ0) is 8.97. The van der Waals surface area contributed by atoms with E-state index in [1.807, 2.05) is 0 Å². The number of methoxy groups -OCH3 is 1. The Kier molecular flexibility index (Phi) is 3.53. The van der Waals surface area contributed by atoms with Crippen LogP contribution in [0.2, 0.25) is 0 Å². The fourth-order valence-corrected chi connectivity index (χ4v) is 1.47. The Balaban J connectivity index is 2.24. The second-order valence-corrected chi connectivity index (χ2v) is 3.22. The largest absolute Gasteiger partial charge is 0.468 e. The molecule has 1 aliphatic heterocycles. The maximum Gasteiger partial charge on any atom is 0.323 e. The zero-order valence-electron chi connectivity index (χ0n) is 7.88. The minimum absolute atomic E-state index is 0.0570. The number of unbranched alkanes of at least 4 members (excludes halogenated alkanes) is 1. The van der Waals surface area contributed by atoms with Crippen LogP contribution >= 0.6 is 0 Å². The quantitative estimate of drug-likeness (QED) is 0.592. The Bertz CT molecular complexity index is 159. The molecule has 1 aliphatic rings. The third kappa shape index (κ3) is 1.97. The maximum absolute atomic E-state index is 11.1. The molecule has 3 heteroatoms. The summed E-state index contributed by atoms with van der Waals surface area (Å²) in [5.74, 6) is -0.0719. The van der Waals surface area contributed by atoms with E-state index in [0.29, 0.717) is 0 Å². The Labute approximate surface area is 73.7 Å². The van der Waals surface area contributed by atoms with Gasteiger partial charge in [0.05, 0.1) is 7.11 Å². The van der Waals surface area contributed by atoms with Crippen LogP contribution in [-0.4, -0.2) is 37.1 Å². The van der Waals surface area contributed by atoms with Gasteiger partial charge in [-0.15, -0.1) is 0 Å². The van der Waals surface area contributed by atoms with Crippen molar-refractivity contribution in [3.05, 3.63) is 0 Å². The van der Waals surface area contributed by atoms with E-state index < -0.39 is 0 Å². The van der Waals surface area contributed by atoms with E-state index in [2.05, 4.69) is 16.6 Å². The molecule has 1 rings (SSSR count). The summed E-state index contributed by atoms with van der Waals surface area (Å²) in [5, 5.41) is 0. The molecule has 0 aromatic carbocycles. The van der Waals surface area contributed by atoms with Crippen molar-refractivity contribution in [2.75, 3.05) is 20.2 Å². The van der Waals surface area contributed by atoms with Gasteiger partial charge in [-0.3, -0.25) is 9.69 Å². The monoisotopic (exact) mass is 171 g/mol. The van der Waals surface area contributed by atoms with Crippen LogP contribution in [0.3, 0.4) is 0 Å². The molecule has 0 radical (unpaired) electrons. The third-order valence-corrected chi connectivity index (χ3v) is 2.40. The van der Waals surface area contributed by atoms with E-state index >= 15 is 0 Å². The molecule has 0 unspecified atom stereocenters. The lowest BCUT2D eigenvalue weighted by Gasteiger charge is -2.38. The first kappa shape index (κ1) is 9.52. The summed E-state index contributed by atoms with van der Waals surface area (Å²) in [6, 6.07) is 0.0570. The predicted molar refractivity (Wildman–Crippen MR) is 46.9 cm³/mol. The Morgan fingerprint density at radius 1 is 1.67 bits per heavy atom. The number of carbonyl (C=O) groups is 1. The molecule has 0 aliphatic carbocycles. The predicted octanol–water partition coefficient (Wildman–Crippen LogP) is 1.03. The summed E-state index contributed by atoms with van der Waals surface area (Å²) in [6.45, 7) is 4.25. The van der Waals surface area contributed by atoms with Crippen molar-refractivity contribution in [1.82, 2.24) is 4.90 Å². The normalized spacial score (nSPS) is 23.3. The standard InChI is InChI=1S/C9H17NO2/c1-3-4-6-10-7-5-8(10)9(11)12-2/h8H,3-7H2,1-2H3/t8-/m1/s1. The summed E-state index contributed by atoms with van der Waals surface area (Å²) in [7, 11) is 1.46. The van der Waals surface area contributed by atoms with Gasteiger partial charge in [0.2, 0.25) is 0 Å². The van der Waals surface area contributed by atoms with Crippen LogP contribution in [0.5, 0.6) is 0 Å². The van der Waals surface area contributed by atoms with Crippen molar-refractivity contribution >= 4 is 5.97 Å². The van der Waals surface area contributed by atoms with Gasteiger partial charge in [-0.25, -0.2) is 0 Å². The van der Waals surface area contributed by atoms with Crippen LogP contribution in [0.4, 0.5) is 0 Å². The van der Waals surface area contributed by atoms with Crippen LogP contribution in [0.1, 0.15) is 26.2 Å². The summed E-state index contributed by atoms with van der Waals surface area (Å²) in [4.78, 5) is 13.3. The highest BCUT2D eigenvalue weighted by molar-refractivity contribution is 5.76. The molecule has 0 aromatic rings. The van der Waals surface area contributed by atoms with Gasteiger partial charge in [-0.05, 0) is 19.4 Å². The lowest BCUT2D eigenvalue weighted by atomic mass is 10.0. The number of hydrogen-bond donors (Lipinski definition) is 0. The number of likely N-dealkylation sites (tertiary alicyclic amines) is 1. The van der Waals surface area contributed by atoms with E-state index in [9.17, 15) is 4.79 Å². The van der Waals surface area contributed by atoms with Crippen molar-refractivity contribution in [3.8, 4) is 0 Å². The Morgan fingerprint density at radius 3 is 2.83 bits per heavy atom. The zero-order valence-corrected chi connectivity index (χ0v) is 7.88. The van der Waals surface area contributed by atoms with Gasteiger partial charge in [-0.1, -0.05) is 13.3 Å². The summed E-state index contributed by atoms with van der Waals surface area (Å²) in [5.41, 5.74) is 0. The van der Waals surface area contributed by atoms with Crippen LogP contribution < -0.4 is 0 Å². The Hall–Kier alpha value is -0.570. The lowest BCUT2D eigenvalue weighted by Crippen LogP contribution is -2.52. The summed E-state index contributed by atoms with van der Waals surface area (Å²) in [6.07, 6.45) is 3.33. The van der Waals surface area contributed by atoms with E-state index in [0.717, 1.165) is 19.5 Å². The van der Waals surface area contributed by atoms with E-state index in [1.165, 1.54) is 20.0 Å². The summed E-state index contributed by atoms with van der Waals surface area (Å²) >= 11 is 0. The minimum atomic E-state index is -0.0719. The number of esters is 1. The molecular weight excluding hydrogens is 154 g/mol. The van der Waals surface area contributed by atoms with Gasteiger partial charge in [-0.2, -0.15) is 0 Å². The number of hydrogen-bond acceptors (Lipinski definition) is 3. The van der Waals surface area contributed by atoms with Gasteiger partial charge in [0.15, 0.2) is 0 Å². The van der Waals surface area contributed by atoms with Crippen LogP contribution in [0.15, 0.2) is 0 Å². The SMILES string of the molecule is CCCCN1CC[C@@H]1C(=O)OC. The second kappa shape index (κ2) is 4.45. The van der Waals surface area contributed by atoms with Crippen molar-refractivity contribution in [2.24, 2.45) is 0 Å². The molecule has 1 heterocycles. The van der Waals surface area contributed by atoms with Crippen LogP contribution in [0.25, 0.3) is 0 Å². The van der Waals surface area contributed by atoms with Gasteiger partial charge >= 0.3 is 5.97 Å². The molecule has 1 saturated heterocycles. The average Bonchev–Trinajstić information content (AvgIpc) is 2.03. The maximum atomic E-state index is 11.1. The molecule has 12 heavy (non-hydrogen) atoms. The van der Waals surface area contributed by atoms with Crippen molar-refractivity contribution in [3.63, 3.8) is 0 Å². The van der Waals surface area contributed by atoms with E-state index in [1.54, 1.807) is 0 Å². The van der Waals surface area contributed by atoms with Gasteiger partial charge in [0.25, 0.3) is 0 Å². The Morgan fingerprint density at radius 2 is 2.42 bits per heavy atom. The fourth-order valence-electron chi connectivity index (χ4n) is 1.47. The van der Waals surface area contributed by atoms with Gasteiger partial charge in [0.1, 0.15) is 6.04 Å². The first-order valence-corrected chi connectivity index (χ1v) is 4.61. The van der Waals surface area contributed by atoms with E-state index in [4.69, 9.17) is 0 Å². The van der Waals surface area contributed by atoms with Crippen molar-refractivity contribution in [2.45, 2.75) is 32.2 Å². The average molecular weight is 171 g/mol. The molecule has 3 nitrogen and oxygen atoms in total. The topological polar surface area (TPSA) is 29.5 Å². The molecule has 0 saturated carbocycles. The van der Waals surface area contributed by atoms with Crippen molar-refractivity contribution < 1.29 is 9.53 Å². The number of ether oxygens (including phenoxy) is 1. The molecule has 0 amide bonds. The highest BCUT2D eigenvalue weighted by Gasteiger charge is 2.33. The van der Waals surface area contributed by atoms with E-state index in [-0.39, 0.29) is 12.0 Å². The molecule has 1 fully saturated rings. The molecule has 0 spiro atoms. The molecule has 0 bridgehead atoms. The number of rotatable bonds is 4. The molecule has 70 valence electrons. The highest BCUT2D eigenvalue weighted by atomic mass is 16.5. The molecule has 0 aromatic heterocycles. The molecular formula is C9H17NO2.